The van der Waals surface area contributed by atoms with Gasteiger partial charge in [0.15, 0.2) is 5.96 Å². The van der Waals surface area contributed by atoms with Crippen molar-refractivity contribution in [2.75, 3.05) is 20.6 Å². The fraction of sp³-hybridized carbons (Fsp3) is 0.500. The molecule has 1 unspecified atom stereocenters. The molecule has 6 heteroatoms. The number of aliphatic imine (C=N–C) groups is 2. The summed E-state index contributed by atoms with van der Waals surface area (Å²) in [4.78, 5) is 10.8. The second-order valence-electron chi connectivity index (χ2n) is 4.40. The molecule has 1 aromatic rings. The lowest BCUT2D eigenvalue weighted by atomic mass is 10.2. The van der Waals surface area contributed by atoms with Crippen LogP contribution in [-0.2, 0) is 6.42 Å². The van der Waals surface area contributed by atoms with Crippen LogP contribution >= 0.6 is 0 Å². The Morgan fingerprint density at radius 3 is 3.00 bits per heavy atom. The number of hydrogen-bond donors (Lipinski definition) is 2. The van der Waals surface area contributed by atoms with E-state index in [2.05, 4.69) is 20.6 Å². The third-order valence-corrected chi connectivity index (χ3v) is 2.57. The van der Waals surface area contributed by atoms with Crippen molar-refractivity contribution in [1.82, 2.24) is 15.5 Å². The molecule has 0 saturated heterocycles. The first kappa shape index (κ1) is 12.5. The van der Waals surface area contributed by atoms with Gasteiger partial charge in [-0.3, -0.25) is 10.3 Å². The minimum absolute atomic E-state index is 0.0383. The fourth-order valence-corrected chi connectivity index (χ4v) is 1.63. The molecule has 1 aliphatic rings. The number of nitrogens with zero attached hydrogens (tertiary/aromatic N) is 3. The molecule has 6 nitrogen and oxygen atoms in total. The molecule has 0 amide bonds. The van der Waals surface area contributed by atoms with Crippen molar-refractivity contribution in [2.45, 2.75) is 19.5 Å². The maximum Gasteiger partial charge on any atom is 0.202 e. The van der Waals surface area contributed by atoms with E-state index in [1.54, 1.807) is 12.5 Å². The average Bonchev–Trinajstić information content (AvgIpc) is 2.81. The first-order chi connectivity index (χ1) is 8.65. The van der Waals surface area contributed by atoms with Crippen molar-refractivity contribution < 1.29 is 4.42 Å². The van der Waals surface area contributed by atoms with Crippen LogP contribution < -0.4 is 10.6 Å². The van der Waals surface area contributed by atoms with Crippen LogP contribution in [0.5, 0.6) is 0 Å². The monoisotopic (exact) mass is 249 g/mol. The van der Waals surface area contributed by atoms with Crippen LogP contribution in [0, 0.1) is 0 Å². The standard InChI is InChI=1S/C12H19N5O/c1-9-14-11(16-12(15-9)17(2)3)13-6-4-10-5-7-18-8-10/h5,7-9H,4,6H2,1-3H3,(H2,13,14,15,16). The second-order valence-corrected chi connectivity index (χ2v) is 4.40. The summed E-state index contributed by atoms with van der Waals surface area (Å²) in [5.74, 6) is 1.59. The maximum absolute atomic E-state index is 5.02. The van der Waals surface area contributed by atoms with Gasteiger partial charge in [0.1, 0.15) is 6.17 Å². The van der Waals surface area contributed by atoms with Gasteiger partial charge in [0, 0.05) is 20.6 Å². The summed E-state index contributed by atoms with van der Waals surface area (Å²) < 4.78 is 5.02. The van der Waals surface area contributed by atoms with Crippen LogP contribution in [0.4, 0.5) is 0 Å². The van der Waals surface area contributed by atoms with Gasteiger partial charge in [0.25, 0.3) is 0 Å². The van der Waals surface area contributed by atoms with E-state index in [4.69, 9.17) is 4.42 Å². The average molecular weight is 249 g/mol. The molecule has 1 atom stereocenters. The van der Waals surface area contributed by atoms with Crippen molar-refractivity contribution in [2.24, 2.45) is 9.98 Å². The third kappa shape index (κ3) is 3.26. The Bertz CT molecular complexity index is 435. The zero-order valence-electron chi connectivity index (χ0n) is 11.0. The highest BCUT2D eigenvalue weighted by Crippen LogP contribution is 2.01. The molecule has 1 aliphatic heterocycles. The number of hydrogen-bond acceptors (Lipinski definition) is 4. The summed E-state index contributed by atoms with van der Waals surface area (Å²) in [6, 6.07) is 1.96. The quantitative estimate of drug-likeness (QED) is 0.825. The minimum Gasteiger partial charge on any atom is -0.472 e. The van der Waals surface area contributed by atoms with Gasteiger partial charge >= 0.3 is 0 Å². The molecular weight excluding hydrogens is 230 g/mol. The lowest BCUT2D eigenvalue weighted by Gasteiger charge is -2.26. The molecule has 2 rings (SSSR count). The number of nitrogens with one attached hydrogen (secondary N) is 2. The van der Waals surface area contributed by atoms with Crippen LogP contribution in [0.1, 0.15) is 12.5 Å². The van der Waals surface area contributed by atoms with Crippen LogP contribution in [-0.4, -0.2) is 43.6 Å². The SMILES string of the molecule is CC1N=C(N(C)C)NC(=NCCc2ccoc2)N1. The Kier molecular flexibility index (Phi) is 3.86. The highest BCUT2D eigenvalue weighted by molar-refractivity contribution is 6.00. The van der Waals surface area contributed by atoms with Gasteiger partial charge in [0.05, 0.1) is 12.5 Å². The molecule has 0 fully saturated rings. The van der Waals surface area contributed by atoms with E-state index in [0.29, 0.717) is 6.54 Å². The van der Waals surface area contributed by atoms with E-state index in [0.717, 1.165) is 23.9 Å². The Labute approximate surface area is 107 Å². The van der Waals surface area contributed by atoms with E-state index >= 15 is 0 Å². The van der Waals surface area contributed by atoms with Gasteiger partial charge in [-0.1, -0.05) is 0 Å². The molecule has 98 valence electrons. The Morgan fingerprint density at radius 1 is 1.50 bits per heavy atom. The summed E-state index contributed by atoms with van der Waals surface area (Å²) in [6.45, 7) is 2.71. The molecule has 0 spiro atoms. The van der Waals surface area contributed by atoms with E-state index in [1.165, 1.54) is 0 Å². The molecule has 2 N–H and O–H groups in total. The number of guanidine groups is 2. The Hall–Kier alpha value is -1.98. The van der Waals surface area contributed by atoms with E-state index < -0.39 is 0 Å². The van der Waals surface area contributed by atoms with Crippen LogP contribution in [0.15, 0.2) is 33.0 Å². The summed E-state index contributed by atoms with van der Waals surface area (Å²) >= 11 is 0. The lowest BCUT2D eigenvalue weighted by molar-refractivity contribution is 0.558. The first-order valence-electron chi connectivity index (χ1n) is 5.99. The van der Waals surface area contributed by atoms with Crippen molar-refractivity contribution in [3.05, 3.63) is 24.2 Å². The van der Waals surface area contributed by atoms with Crippen LogP contribution in [0.2, 0.25) is 0 Å². The topological polar surface area (TPSA) is 65.2 Å². The van der Waals surface area contributed by atoms with E-state index in [-0.39, 0.29) is 6.17 Å². The fourth-order valence-electron chi connectivity index (χ4n) is 1.63. The lowest BCUT2D eigenvalue weighted by Crippen LogP contribution is -2.53. The van der Waals surface area contributed by atoms with Crippen LogP contribution in [0.25, 0.3) is 0 Å². The van der Waals surface area contributed by atoms with Gasteiger partial charge in [0.2, 0.25) is 5.96 Å². The molecule has 1 aromatic heterocycles. The second kappa shape index (κ2) is 5.57. The van der Waals surface area contributed by atoms with Gasteiger partial charge in [-0.05, 0) is 25.0 Å². The van der Waals surface area contributed by atoms with Crippen LogP contribution in [0.3, 0.4) is 0 Å². The maximum atomic E-state index is 5.02. The molecule has 0 bridgehead atoms. The normalized spacial score (nSPS) is 21.2. The Morgan fingerprint density at radius 2 is 2.33 bits per heavy atom. The zero-order chi connectivity index (χ0) is 13.0. The molecular formula is C12H19N5O. The summed E-state index contributed by atoms with van der Waals surface area (Å²) in [5.41, 5.74) is 1.16. The third-order valence-electron chi connectivity index (χ3n) is 2.57. The molecule has 0 radical (unpaired) electrons. The van der Waals surface area contributed by atoms with Crippen molar-refractivity contribution in [1.29, 1.82) is 0 Å². The highest BCUT2D eigenvalue weighted by Gasteiger charge is 2.15. The highest BCUT2D eigenvalue weighted by atomic mass is 16.3. The summed E-state index contributed by atoms with van der Waals surface area (Å²) in [5, 5.41) is 6.34. The number of furan rings is 1. The first-order valence-corrected chi connectivity index (χ1v) is 5.99. The van der Waals surface area contributed by atoms with Gasteiger partial charge in [-0.15, -0.1) is 0 Å². The van der Waals surface area contributed by atoms with Crippen molar-refractivity contribution in [3.63, 3.8) is 0 Å². The predicted octanol–water partition coefficient (Wildman–Crippen LogP) is 0.634. The smallest absolute Gasteiger partial charge is 0.202 e. The van der Waals surface area contributed by atoms with Gasteiger partial charge in [-0.25, -0.2) is 4.99 Å². The predicted molar refractivity (Wildman–Crippen MR) is 71.6 cm³/mol. The minimum atomic E-state index is 0.0383. The molecule has 18 heavy (non-hydrogen) atoms. The van der Waals surface area contributed by atoms with E-state index in [1.807, 2.05) is 32.0 Å². The van der Waals surface area contributed by atoms with Gasteiger partial charge in [-0.2, -0.15) is 0 Å². The molecule has 0 aliphatic carbocycles. The molecule has 0 saturated carbocycles. The largest absolute Gasteiger partial charge is 0.472 e. The summed E-state index contributed by atoms with van der Waals surface area (Å²) in [6.07, 6.45) is 4.33. The van der Waals surface area contributed by atoms with Gasteiger partial charge < -0.3 is 14.6 Å². The van der Waals surface area contributed by atoms with Crippen molar-refractivity contribution in [3.8, 4) is 0 Å². The van der Waals surface area contributed by atoms with E-state index in [9.17, 15) is 0 Å². The number of rotatable bonds is 3. The molecule has 0 aromatic carbocycles. The molecule has 2 heterocycles. The van der Waals surface area contributed by atoms with Crippen molar-refractivity contribution >= 4 is 11.9 Å². The summed E-state index contributed by atoms with van der Waals surface area (Å²) in [7, 11) is 3.90. The Balaban J connectivity index is 1.91. The zero-order valence-corrected chi connectivity index (χ0v) is 11.0.